The molecule has 2 saturated heterocycles. The third-order valence-electron chi connectivity index (χ3n) is 5.75. The number of nitrogens with one attached hydrogen (secondary N) is 1. The standard InChI is InChI=1S/C22H36N4O/c1-3-23-22(24-13-4-5-14-25-15-6-7-16-25)26-17-12-20(18-26)19-8-10-21(27-2)11-9-19/h8-11,20H,3-7,12-18H2,1-2H3,(H,23,24). The highest BCUT2D eigenvalue weighted by atomic mass is 16.5. The van der Waals surface area contributed by atoms with Gasteiger partial charge < -0.3 is 19.9 Å². The predicted octanol–water partition coefficient (Wildman–Crippen LogP) is 3.33. The average molecular weight is 373 g/mol. The quantitative estimate of drug-likeness (QED) is 0.432. The van der Waals surface area contributed by atoms with Crippen LogP contribution in [-0.4, -0.2) is 68.7 Å². The number of ether oxygens (including phenoxy) is 1. The molecule has 1 N–H and O–H groups in total. The lowest BCUT2D eigenvalue weighted by Gasteiger charge is -2.22. The number of guanidine groups is 1. The number of hydrogen-bond donors (Lipinski definition) is 1. The van der Waals surface area contributed by atoms with Crippen LogP contribution in [0.2, 0.25) is 0 Å². The minimum atomic E-state index is 0.579. The first-order chi connectivity index (χ1) is 13.3. The van der Waals surface area contributed by atoms with Gasteiger partial charge in [-0.1, -0.05) is 12.1 Å². The number of aliphatic imine (C=N–C) groups is 1. The molecule has 27 heavy (non-hydrogen) atoms. The Kier molecular flexibility index (Phi) is 7.81. The van der Waals surface area contributed by atoms with E-state index >= 15 is 0 Å². The van der Waals surface area contributed by atoms with Crippen LogP contribution in [0, 0.1) is 0 Å². The van der Waals surface area contributed by atoms with Crippen LogP contribution in [0.5, 0.6) is 5.75 Å². The molecule has 0 amide bonds. The lowest BCUT2D eigenvalue weighted by Crippen LogP contribution is -2.40. The van der Waals surface area contributed by atoms with E-state index in [4.69, 9.17) is 9.73 Å². The molecular formula is C22H36N4O. The van der Waals surface area contributed by atoms with Crippen LogP contribution in [0.1, 0.15) is 50.5 Å². The molecule has 2 aliphatic rings. The van der Waals surface area contributed by atoms with Crippen molar-refractivity contribution in [3.63, 3.8) is 0 Å². The van der Waals surface area contributed by atoms with Crippen LogP contribution < -0.4 is 10.1 Å². The molecular weight excluding hydrogens is 336 g/mol. The number of nitrogens with zero attached hydrogens (tertiary/aromatic N) is 3. The summed E-state index contributed by atoms with van der Waals surface area (Å²) < 4.78 is 5.28. The van der Waals surface area contributed by atoms with Crippen molar-refractivity contribution >= 4 is 5.96 Å². The number of unbranched alkanes of at least 4 members (excludes halogenated alkanes) is 1. The van der Waals surface area contributed by atoms with E-state index in [2.05, 4.69) is 46.3 Å². The molecule has 1 unspecified atom stereocenters. The Balaban J connectivity index is 1.47. The molecule has 3 rings (SSSR count). The first-order valence-corrected chi connectivity index (χ1v) is 10.7. The van der Waals surface area contributed by atoms with Crippen LogP contribution in [0.25, 0.3) is 0 Å². The molecule has 0 bridgehead atoms. The van der Waals surface area contributed by atoms with Crippen LogP contribution in [0.15, 0.2) is 29.3 Å². The maximum absolute atomic E-state index is 5.28. The Morgan fingerprint density at radius 2 is 1.93 bits per heavy atom. The van der Waals surface area contributed by atoms with Gasteiger partial charge in [0.15, 0.2) is 5.96 Å². The van der Waals surface area contributed by atoms with Gasteiger partial charge in [-0.2, -0.15) is 0 Å². The molecule has 0 aliphatic carbocycles. The maximum Gasteiger partial charge on any atom is 0.193 e. The fourth-order valence-electron chi connectivity index (χ4n) is 4.17. The van der Waals surface area contributed by atoms with Gasteiger partial charge in [0.1, 0.15) is 5.75 Å². The van der Waals surface area contributed by atoms with E-state index in [0.29, 0.717) is 5.92 Å². The zero-order valence-electron chi connectivity index (χ0n) is 17.1. The number of likely N-dealkylation sites (tertiary alicyclic amines) is 2. The molecule has 2 aliphatic heterocycles. The molecule has 1 aromatic rings. The third kappa shape index (κ3) is 5.86. The molecule has 150 valence electrons. The molecule has 2 fully saturated rings. The summed E-state index contributed by atoms with van der Waals surface area (Å²) in [5.74, 6) is 2.60. The Hall–Kier alpha value is -1.75. The van der Waals surface area contributed by atoms with Crippen LogP contribution in [-0.2, 0) is 0 Å². The number of rotatable bonds is 8. The van der Waals surface area contributed by atoms with E-state index in [1.807, 2.05) is 0 Å². The van der Waals surface area contributed by atoms with E-state index in [9.17, 15) is 0 Å². The lowest BCUT2D eigenvalue weighted by atomic mass is 9.98. The van der Waals surface area contributed by atoms with Crippen molar-refractivity contribution in [2.75, 3.05) is 52.9 Å². The van der Waals surface area contributed by atoms with Gasteiger partial charge in [-0.05, 0) is 76.4 Å². The zero-order valence-corrected chi connectivity index (χ0v) is 17.1. The number of benzene rings is 1. The normalized spacial score (nSPS) is 21.0. The third-order valence-corrected chi connectivity index (χ3v) is 5.75. The summed E-state index contributed by atoms with van der Waals surface area (Å²) in [4.78, 5) is 9.93. The van der Waals surface area contributed by atoms with Crippen molar-refractivity contribution in [2.24, 2.45) is 4.99 Å². The highest BCUT2D eigenvalue weighted by Crippen LogP contribution is 2.28. The number of hydrogen-bond acceptors (Lipinski definition) is 3. The van der Waals surface area contributed by atoms with Gasteiger partial charge in [-0.25, -0.2) is 0 Å². The minimum Gasteiger partial charge on any atom is -0.497 e. The highest BCUT2D eigenvalue weighted by Gasteiger charge is 2.26. The van der Waals surface area contributed by atoms with Gasteiger partial charge in [-0.15, -0.1) is 0 Å². The molecule has 1 atom stereocenters. The Bertz CT molecular complexity index is 580. The summed E-state index contributed by atoms with van der Waals surface area (Å²) in [6.45, 7) is 9.98. The van der Waals surface area contributed by atoms with Gasteiger partial charge in [0.05, 0.1) is 7.11 Å². The van der Waals surface area contributed by atoms with Gasteiger partial charge in [0.2, 0.25) is 0 Å². The van der Waals surface area contributed by atoms with Gasteiger partial charge in [-0.3, -0.25) is 4.99 Å². The Morgan fingerprint density at radius 3 is 2.63 bits per heavy atom. The number of methoxy groups -OCH3 is 1. The summed E-state index contributed by atoms with van der Waals surface area (Å²) in [5, 5.41) is 3.49. The molecule has 0 saturated carbocycles. The Labute approximate surface area is 164 Å². The van der Waals surface area contributed by atoms with Gasteiger partial charge in [0.25, 0.3) is 0 Å². The lowest BCUT2D eigenvalue weighted by molar-refractivity contribution is 0.331. The Morgan fingerprint density at radius 1 is 1.15 bits per heavy atom. The molecule has 0 aromatic heterocycles. The molecule has 1 aromatic carbocycles. The molecule has 0 radical (unpaired) electrons. The van der Waals surface area contributed by atoms with Crippen LogP contribution in [0.4, 0.5) is 0 Å². The first-order valence-electron chi connectivity index (χ1n) is 10.7. The summed E-state index contributed by atoms with van der Waals surface area (Å²) in [7, 11) is 1.72. The summed E-state index contributed by atoms with van der Waals surface area (Å²) in [6.07, 6.45) is 6.39. The second-order valence-electron chi connectivity index (χ2n) is 7.70. The topological polar surface area (TPSA) is 40.1 Å². The molecule has 5 heteroatoms. The molecule has 2 heterocycles. The SMILES string of the molecule is CCNC(=NCCCCN1CCCC1)N1CCC(c2ccc(OC)cc2)C1. The monoisotopic (exact) mass is 372 g/mol. The smallest absolute Gasteiger partial charge is 0.193 e. The van der Waals surface area contributed by atoms with E-state index in [1.165, 1.54) is 57.3 Å². The second-order valence-corrected chi connectivity index (χ2v) is 7.70. The van der Waals surface area contributed by atoms with Crippen LogP contribution in [0.3, 0.4) is 0 Å². The fourth-order valence-corrected chi connectivity index (χ4v) is 4.17. The summed E-state index contributed by atoms with van der Waals surface area (Å²) in [6, 6.07) is 8.54. The summed E-state index contributed by atoms with van der Waals surface area (Å²) in [5.41, 5.74) is 1.40. The van der Waals surface area contributed by atoms with E-state index in [-0.39, 0.29) is 0 Å². The van der Waals surface area contributed by atoms with Crippen LogP contribution >= 0.6 is 0 Å². The van der Waals surface area contributed by atoms with E-state index < -0.39 is 0 Å². The van der Waals surface area contributed by atoms with Crippen molar-refractivity contribution in [1.29, 1.82) is 0 Å². The van der Waals surface area contributed by atoms with Crippen molar-refractivity contribution in [1.82, 2.24) is 15.1 Å². The highest BCUT2D eigenvalue weighted by molar-refractivity contribution is 5.80. The largest absolute Gasteiger partial charge is 0.497 e. The minimum absolute atomic E-state index is 0.579. The fraction of sp³-hybridized carbons (Fsp3) is 0.682. The van der Waals surface area contributed by atoms with Gasteiger partial charge in [0, 0.05) is 32.1 Å². The average Bonchev–Trinajstić information content (AvgIpc) is 3.39. The van der Waals surface area contributed by atoms with E-state index in [0.717, 1.165) is 37.9 Å². The van der Waals surface area contributed by atoms with Crippen molar-refractivity contribution < 1.29 is 4.74 Å². The second kappa shape index (κ2) is 10.5. The first kappa shape index (κ1) is 20.0. The molecule has 5 nitrogen and oxygen atoms in total. The van der Waals surface area contributed by atoms with E-state index in [1.54, 1.807) is 7.11 Å². The van der Waals surface area contributed by atoms with Crippen molar-refractivity contribution in [3.05, 3.63) is 29.8 Å². The van der Waals surface area contributed by atoms with Crippen molar-refractivity contribution in [2.45, 2.75) is 44.9 Å². The van der Waals surface area contributed by atoms with Crippen molar-refractivity contribution in [3.8, 4) is 5.75 Å². The predicted molar refractivity (Wildman–Crippen MR) is 113 cm³/mol. The summed E-state index contributed by atoms with van der Waals surface area (Å²) >= 11 is 0. The van der Waals surface area contributed by atoms with Gasteiger partial charge >= 0.3 is 0 Å². The molecule has 0 spiro atoms. The maximum atomic E-state index is 5.28. The zero-order chi connectivity index (χ0) is 18.9.